The van der Waals surface area contributed by atoms with Crippen molar-refractivity contribution in [1.29, 1.82) is 0 Å². The maximum atomic E-state index is 9.37. The molecule has 0 amide bonds. The third-order valence-corrected chi connectivity index (χ3v) is 4.38. The van der Waals surface area contributed by atoms with Crippen molar-refractivity contribution in [2.45, 2.75) is 6.54 Å². The smallest absolute Gasteiger partial charge is 0.221 e. The minimum Gasteiger partial charge on any atom is -0.505 e. The van der Waals surface area contributed by atoms with Crippen molar-refractivity contribution in [3.63, 3.8) is 0 Å². The molecule has 0 unspecified atom stereocenters. The maximum Gasteiger partial charge on any atom is 0.221 e. The fourth-order valence-corrected chi connectivity index (χ4v) is 3.01. The van der Waals surface area contributed by atoms with Gasteiger partial charge in [-0.3, -0.25) is 4.68 Å². The van der Waals surface area contributed by atoms with Crippen LogP contribution < -0.4 is 0 Å². The first-order valence-electron chi connectivity index (χ1n) is 8.81. The molecule has 1 N–H and O–H groups in total. The highest BCUT2D eigenvalue weighted by atomic mass is 16.3. The highest BCUT2D eigenvalue weighted by molar-refractivity contribution is 5.69. The quantitative estimate of drug-likeness (QED) is 0.497. The SMILES string of the molecule is Cn1cc(-c2cnc3nnn(Cc4cccc(-c5ncc(O)cn5)c4)c3n2)cn1. The largest absolute Gasteiger partial charge is 0.505 e. The Balaban J connectivity index is 1.49. The number of aromatic nitrogens is 9. The lowest BCUT2D eigenvalue weighted by Gasteiger charge is -2.05. The monoisotopic (exact) mass is 385 g/mol. The lowest BCUT2D eigenvalue weighted by Crippen LogP contribution is -2.04. The molecule has 0 fully saturated rings. The van der Waals surface area contributed by atoms with Gasteiger partial charge in [-0.05, 0) is 11.6 Å². The van der Waals surface area contributed by atoms with Crippen LogP contribution in [0.15, 0.2) is 55.2 Å². The molecular weight excluding hydrogens is 370 g/mol. The summed E-state index contributed by atoms with van der Waals surface area (Å²) in [5.74, 6) is 0.564. The summed E-state index contributed by atoms with van der Waals surface area (Å²) in [7, 11) is 1.85. The minimum atomic E-state index is 0.0296. The van der Waals surface area contributed by atoms with E-state index in [0.29, 0.717) is 29.4 Å². The summed E-state index contributed by atoms with van der Waals surface area (Å²) in [5.41, 5.74) is 4.49. The van der Waals surface area contributed by atoms with Crippen LogP contribution in [-0.2, 0) is 13.6 Å². The number of rotatable bonds is 4. The third-order valence-electron chi connectivity index (χ3n) is 4.38. The van der Waals surface area contributed by atoms with Crippen LogP contribution in [0.25, 0.3) is 33.9 Å². The molecule has 0 atom stereocenters. The second kappa shape index (κ2) is 6.75. The zero-order chi connectivity index (χ0) is 19.8. The van der Waals surface area contributed by atoms with Gasteiger partial charge in [0.15, 0.2) is 17.2 Å². The van der Waals surface area contributed by atoms with Gasteiger partial charge in [0, 0.05) is 24.4 Å². The van der Waals surface area contributed by atoms with Crippen molar-refractivity contribution in [1.82, 2.24) is 44.7 Å². The lowest BCUT2D eigenvalue weighted by atomic mass is 10.1. The first kappa shape index (κ1) is 16.9. The maximum absolute atomic E-state index is 9.37. The van der Waals surface area contributed by atoms with E-state index in [1.807, 2.05) is 37.5 Å². The highest BCUT2D eigenvalue weighted by Crippen LogP contribution is 2.20. The summed E-state index contributed by atoms with van der Waals surface area (Å²) in [5, 5.41) is 21.9. The molecule has 0 saturated carbocycles. The molecule has 10 nitrogen and oxygen atoms in total. The Bertz CT molecular complexity index is 1310. The molecule has 0 saturated heterocycles. The summed E-state index contributed by atoms with van der Waals surface area (Å²) >= 11 is 0. The molecular formula is C19H15N9O. The zero-order valence-corrected chi connectivity index (χ0v) is 15.4. The number of benzene rings is 1. The normalized spacial score (nSPS) is 11.2. The zero-order valence-electron chi connectivity index (χ0n) is 15.4. The number of hydrogen-bond acceptors (Lipinski definition) is 8. The number of aromatic hydroxyl groups is 1. The van der Waals surface area contributed by atoms with E-state index in [-0.39, 0.29) is 5.75 Å². The second-order valence-electron chi connectivity index (χ2n) is 6.52. The van der Waals surface area contributed by atoms with Gasteiger partial charge in [-0.1, -0.05) is 23.4 Å². The predicted octanol–water partition coefficient (Wildman–Crippen LogP) is 1.83. The molecule has 10 heteroatoms. The van der Waals surface area contributed by atoms with Crippen molar-refractivity contribution in [2.24, 2.45) is 7.05 Å². The Kier molecular flexibility index (Phi) is 3.94. The Morgan fingerprint density at radius 3 is 2.66 bits per heavy atom. The average Bonchev–Trinajstić information content (AvgIpc) is 3.35. The Hall–Kier alpha value is -4.21. The molecule has 5 aromatic rings. The molecule has 0 spiro atoms. The van der Waals surface area contributed by atoms with Gasteiger partial charge in [-0.25, -0.2) is 24.6 Å². The van der Waals surface area contributed by atoms with Crippen LogP contribution in [0.5, 0.6) is 5.75 Å². The van der Waals surface area contributed by atoms with Crippen LogP contribution in [0, 0.1) is 0 Å². The van der Waals surface area contributed by atoms with Crippen molar-refractivity contribution in [3.8, 4) is 28.4 Å². The van der Waals surface area contributed by atoms with Crippen molar-refractivity contribution < 1.29 is 5.11 Å². The number of hydrogen-bond donors (Lipinski definition) is 1. The van der Waals surface area contributed by atoms with Gasteiger partial charge in [-0.2, -0.15) is 5.10 Å². The molecule has 4 heterocycles. The van der Waals surface area contributed by atoms with Gasteiger partial charge >= 0.3 is 0 Å². The molecule has 4 aromatic heterocycles. The van der Waals surface area contributed by atoms with E-state index < -0.39 is 0 Å². The molecule has 0 radical (unpaired) electrons. The van der Waals surface area contributed by atoms with E-state index in [2.05, 4.69) is 35.3 Å². The van der Waals surface area contributed by atoms with Gasteiger partial charge in [0.1, 0.15) is 0 Å². The second-order valence-corrected chi connectivity index (χ2v) is 6.52. The Morgan fingerprint density at radius 1 is 1.00 bits per heavy atom. The van der Waals surface area contributed by atoms with Crippen LogP contribution in [0.1, 0.15) is 5.56 Å². The third kappa shape index (κ3) is 3.27. The number of nitrogens with zero attached hydrogens (tertiary/aromatic N) is 9. The molecule has 0 aliphatic carbocycles. The Labute approximate surface area is 164 Å². The molecule has 0 bridgehead atoms. The van der Waals surface area contributed by atoms with Crippen LogP contribution in [0.2, 0.25) is 0 Å². The lowest BCUT2D eigenvalue weighted by molar-refractivity contribution is 0.470. The summed E-state index contributed by atoms with van der Waals surface area (Å²) in [6.45, 7) is 0.466. The number of aryl methyl sites for hydroxylation is 1. The van der Waals surface area contributed by atoms with Crippen LogP contribution >= 0.6 is 0 Å². The summed E-state index contributed by atoms with van der Waals surface area (Å²) in [6, 6.07) is 7.79. The van der Waals surface area contributed by atoms with Crippen LogP contribution in [-0.4, -0.2) is 49.8 Å². The highest BCUT2D eigenvalue weighted by Gasteiger charge is 2.12. The Morgan fingerprint density at radius 2 is 1.86 bits per heavy atom. The molecule has 1 aromatic carbocycles. The van der Waals surface area contributed by atoms with E-state index >= 15 is 0 Å². The summed E-state index contributed by atoms with van der Waals surface area (Å²) in [4.78, 5) is 17.4. The van der Waals surface area contributed by atoms with E-state index in [1.165, 1.54) is 12.4 Å². The van der Waals surface area contributed by atoms with E-state index in [9.17, 15) is 5.11 Å². The van der Waals surface area contributed by atoms with E-state index in [4.69, 9.17) is 0 Å². The van der Waals surface area contributed by atoms with Gasteiger partial charge in [0.05, 0.1) is 37.0 Å². The van der Waals surface area contributed by atoms with Gasteiger partial charge < -0.3 is 5.11 Å². The molecule has 0 aliphatic rings. The van der Waals surface area contributed by atoms with Gasteiger partial charge in [-0.15, -0.1) is 5.10 Å². The first-order chi connectivity index (χ1) is 14.2. The average molecular weight is 385 g/mol. The first-order valence-corrected chi connectivity index (χ1v) is 8.81. The fourth-order valence-electron chi connectivity index (χ4n) is 3.01. The topological polar surface area (TPSA) is 120 Å². The van der Waals surface area contributed by atoms with Crippen LogP contribution in [0.4, 0.5) is 0 Å². The predicted molar refractivity (Wildman–Crippen MR) is 104 cm³/mol. The number of fused-ring (bicyclic) bond motifs is 1. The fraction of sp³-hybridized carbons (Fsp3) is 0.105. The minimum absolute atomic E-state index is 0.0296. The molecule has 29 heavy (non-hydrogen) atoms. The van der Waals surface area contributed by atoms with Crippen LogP contribution in [0.3, 0.4) is 0 Å². The van der Waals surface area contributed by atoms with Crippen molar-refractivity contribution in [2.75, 3.05) is 0 Å². The van der Waals surface area contributed by atoms with Crippen molar-refractivity contribution >= 4 is 11.3 Å². The van der Waals surface area contributed by atoms with E-state index in [1.54, 1.807) is 21.8 Å². The van der Waals surface area contributed by atoms with Crippen molar-refractivity contribution in [3.05, 3.63) is 60.8 Å². The summed E-state index contributed by atoms with van der Waals surface area (Å²) < 4.78 is 3.42. The molecule has 142 valence electrons. The van der Waals surface area contributed by atoms with Gasteiger partial charge in [0.2, 0.25) is 5.65 Å². The molecule has 5 rings (SSSR count). The molecule has 0 aliphatic heterocycles. The van der Waals surface area contributed by atoms with Gasteiger partial charge in [0.25, 0.3) is 0 Å². The standard InChI is InChI=1S/C19H15N9O/c1-27-11-14(6-23-27)16-9-22-18-19(24-16)28(26-25-18)10-12-3-2-4-13(5-12)17-20-7-15(29)8-21-17/h2-9,11,29H,10H2,1H3. The summed E-state index contributed by atoms with van der Waals surface area (Å²) in [6.07, 6.45) is 8.03. The van der Waals surface area contributed by atoms with E-state index in [0.717, 1.165) is 16.7 Å².